The van der Waals surface area contributed by atoms with Crippen LogP contribution in [0.15, 0.2) is 12.1 Å². The minimum Gasteiger partial charge on any atom is -0.481 e. The second-order valence-corrected chi connectivity index (χ2v) is 5.37. The summed E-state index contributed by atoms with van der Waals surface area (Å²) >= 11 is 0. The van der Waals surface area contributed by atoms with Crippen molar-refractivity contribution in [1.29, 1.82) is 0 Å². The zero-order valence-corrected chi connectivity index (χ0v) is 11.2. The summed E-state index contributed by atoms with van der Waals surface area (Å²) < 4.78 is 5.08. The Labute approximate surface area is 116 Å². The lowest BCUT2D eigenvalue weighted by atomic mass is 10.00. The lowest BCUT2D eigenvalue weighted by molar-refractivity contribution is -0.384. The molecular weight excluding hydrogens is 262 g/mol. The summed E-state index contributed by atoms with van der Waals surface area (Å²) in [5.41, 5.74) is -0.000843. The molecule has 7 heteroatoms. The summed E-state index contributed by atoms with van der Waals surface area (Å²) in [6.07, 6.45) is 2.86. The van der Waals surface area contributed by atoms with Crippen LogP contribution in [-0.2, 0) is 0 Å². The van der Waals surface area contributed by atoms with E-state index in [1.807, 2.05) is 4.90 Å². The minimum absolute atomic E-state index is 0.000843. The van der Waals surface area contributed by atoms with E-state index in [4.69, 9.17) is 4.74 Å². The van der Waals surface area contributed by atoms with Crippen LogP contribution in [0.4, 0.5) is 11.5 Å². The number of fused-ring (bicyclic) bond motifs is 2. The number of rotatable bonds is 3. The molecule has 0 amide bonds. The maximum atomic E-state index is 11.2. The van der Waals surface area contributed by atoms with E-state index in [9.17, 15) is 15.2 Å². The third-order valence-corrected chi connectivity index (χ3v) is 4.19. The van der Waals surface area contributed by atoms with Gasteiger partial charge in [0, 0.05) is 24.2 Å². The second kappa shape index (κ2) is 4.90. The molecule has 0 aliphatic carbocycles. The van der Waals surface area contributed by atoms with Crippen LogP contribution in [0.5, 0.6) is 5.88 Å². The van der Waals surface area contributed by atoms with Gasteiger partial charge in [-0.05, 0) is 25.7 Å². The van der Waals surface area contributed by atoms with Crippen molar-refractivity contribution in [2.75, 3.05) is 12.0 Å². The Balaban J connectivity index is 2.02. The van der Waals surface area contributed by atoms with E-state index in [0.717, 1.165) is 12.8 Å². The minimum atomic E-state index is -0.410. The van der Waals surface area contributed by atoms with Crippen LogP contribution >= 0.6 is 0 Å². The quantitative estimate of drug-likeness (QED) is 0.666. The first-order valence-corrected chi connectivity index (χ1v) is 6.76. The van der Waals surface area contributed by atoms with Crippen LogP contribution < -0.4 is 9.64 Å². The van der Waals surface area contributed by atoms with Crippen LogP contribution in [0.25, 0.3) is 0 Å². The maximum absolute atomic E-state index is 11.2. The highest BCUT2D eigenvalue weighted by molar-refractivity contribution is 5.61. The molecule has 0 saturated carbocycles. The summed E-state index contributed by atoms with van der Waals surface area (Å²) in [6.45, 7) is 0. The predicted octanol–water partition coefficient (Wildman–Crippen LogP) is 1.49. The number of nitrogens with zero attached hydrogens (tertiary/aromatic N) is 3. The average molecular weight is 279 g/mol. The van der Waals surface area contributed by atoms with E-state index in [2.05, 4.69) is 4.98 Å². The first kappa shape index (κ1) is 13.1. The lowest BCUT2D eigenvalue weighted by Crippen LogP contribution is -2.45. The molecule has 2 aliphatic heterocycles. The standard InChI is InChI=1S/C13H17N3O4/c1-20-12-5-4-11(16(18)19)13(14-12)15-8-2-3-9(15)7-10(17)6-8/h4-5,8-10,17H,2-3,6-7H2,1H3. The zero-order chi connectivity index (χ0) is 14.3. The number of aliphatic hydroxyl groups is 1. The smallest absolute Gasteiger partial charge is 0.311 e. The molecule has 7 nitrogen and oxygen atoms in total. The predicted molar refractivity (Wildman–Crippen MR) is 72.0 cm³/mol. The number of methoxy groups -OCH3 is 1. The van der Waals surface area contributed by atoms with Gasteiger partial charge in [0.2, 0.25) is 11.7 Å². The van der Waals surface area contributed by atoms with Crippen molar-refractivity contribution in [3.05, 3.63) is 22.2 Å². The van der Waals surface area contributed by atoms with E-state index < -0.39 is 4.92 Å². The summed E-state index contributed by atoms with van der Waals surface area (Å²) in [6, 6.07) is 3.19. The van der Waals surface area contributed by atoms with Crippen LogP contribution in [0.2, 0.25) is 0 Å². The van der Waals surface area contributed by atoms with Crippen LogP contribution in [0, 0.1) is 10.1 Å². The summed E-state index contributed by atoms with van der Waals surface area (Å²) in [5, 5.41) is 21.0. The monoisotopic (exact) mass is 279 g/mol. The van der Waals surface area contributed by atoms with Gasteiger partial charge in [0.05, 0.1) is 18.1 Å². The van der Waals surface area contributed by atoms with Crippen molar-refractivity contribution in [3.8, 4) is 5.88 Å². The number of aliphatic hydroxyl groups excluding tert-OH is 1. The molecule has 1 N–H and O–H groups in total. The van der Waals surface area contributed by atoms with Crippen LogP contribution in [-0.4, -0.2) is 40.3 Å². The number of piperidine rings is 1. The van der Waals surface area contributed by atoms with E-state index in [0.29, 0.717) is 24.5 Å². The van der Waals surface area contributed by atoms with Crippen molar-refractivity contribution in [3.63, 3.8) is 0 Å². The molecule has 0 spiro atoms. The molecule has 3 rings (SSSR count). The molecule has 1 aromatic heterocycles. The molecule has 2 fully saturated rings. The largest absolute Gasteiger partial charge is 0.481 e. The topological polar surface area (TPSA) is 88.7 Å². The molecule has 3 heterocycles. The molecule has 108 valence electrons. The Bertz CT molecular complexity index is 522. The van der Waals surface area contributed by atoms with E-state index in [-0.39, 0.29) is 23.9 Å². The number of aromatic nitrogens is 1. The third kappa shape index (κ3) is 2.07. The van der Waals surface area contributed by atoms with Gasteiger partial charge in [0.25, 0.3) is 0 Å². The first-order valence-electron chi connectivity index (χ1n) is 6.76. The molecule has 2 atom stereocenters. The van der Waals surface area contributed by atoms with Gasteiger partial charge in [-0.1, -0.05) is 0 Å². The van der Waals surface area contributed by atoms with Gasteiger partial charge in [-0.2, -0.15) is 4.98 Å². The van der Waals surface area contributed by atoms with Crippen LogP contribution in [0.3, 0.4) is 0 Å². The van der Waals surface area contributed by atoms with Gasteiger partial charge in [-0.3, -0.25) is 10.1 Å². The molecule has 20 heavy (non-hydrogen) atoms. The zero-order valence-electron chi connectivity index (χ0n) is 11.2. The normalized spacial score (nSPS) is 28.5. The SMILES string of the molecule is COc1ccc([N+](=O)[O-])c(N2C3CCC2CC(O)C3)n1. The lowest BCUT2D eigenvalue weighted by Gasteiger charge is -2.37. The number of hydrogen-bond acceptors (Lipinski definition) is 6. The van der Waals surface area contributed by atoms with Crippen molar-refractivity contribution >= 4 is 11.5 Å². The molecule has 2 aliphatic rings. The van der Waals surface area contributed by atoms with Crippen molar-refractivity contribution < 1.29 is 14.8 Å². The van der Waals surface area contributed by atoms with Crippen LogP contribution in [0.1, 0.15) is 25.7 Å². The molecule has 2 bridgehead atoms. The second-order valence-electron chi connectivity index (χ2n) is 5.37. The van der Waals surface area contributed by atoms with E-state index in [1.54, 1.807) is 0 Å². The highest BCUT2D eigenvalue weighted by Crippen LogP contribution is 2.42. The molecule has 0 radical (unpaired) electrons. The van der Waals surface area contributed by atoms with Gasteiger partial charge in [-0.15, -0.1) is 0 Å². The number of ether oxygens (including phenoxy) is 1. The maximum Gasteiger partial charge on any atom is 0.311 e. The fourth-order valence-electron chi connectivity index (χ4n) is 3.36. The highest BCUT2D eigenvalue weighted by atomic mass is 16.6. The number of hydrogen-bond donors (Lipinski definition) is 1. The Morgan fingerprint density at radius 2 is 2.05 bits per heavy atom. The molecule has 2 saturated heterocycles. The summed E-state index contributed by atoms with van der Waals surface area (Å²) in [4.78, 5) is 17.1. The van der Waals surface area contributed by atoms with E-state index in [1.165, 1.54) is 19.2 Å². The van der Waals surface area contributed by atoms with Gasteiger partial charge < -0.3 is 14.7 Å². The average Bonchev–Trinajstić information content (AvgIpc) is 2.70. The summed E-state index contributed by atoms with van der Waals surface area (Å²) in [7, 11) is 1.49. The van der Waals surface area contributed by atoms with Gasteiger partial charge in [0.15, 0.2) is 0 Å². The molecule has 2 unspecified atom stereocenters. The number of pyridine rings is 1. The van der Waals surface area contributed by atoms with Gasteiger partial charge >= 0.3 is 5.69 Å². The Hall–Kier alpha value is -1.89. The number of nitro groups is 1. The Morgan fingerprint density at radius 3 is 2.60 bits per heavy atom. The molecule has 0 aromatic carbocycles. The van der Waals surface area contributed by atoms with Crippen molar-refractivity contribution in [1.82, 2.24) is 4.98 Å². The van der Waals surface area contributed by atoms with Gasteiger partial charge in [-0.25, -0.2) is 0 Å². The first-order chi connectivity index (χ1) is 9.60. The number of anilines is 1. The molecular formula is C13H17N3O4. The fourth-order valence-corrected chi connectivity index (χ4v) is 3.36. The summed E-state index contributed by atoms with van der Waals surface area (Å²) in [5.74, 6) is 0.741. The Kier molecular flexibility index (Phi) is 3.21. The van der Waals surface area contributed by atoms with E-state index >= 15 is 0 Å². The van der Waals surface area contributed by atoms with Crippen molar-refractivity contribution in [2.24, 2.45) is 0 Å². The molecule has 1 aromatic rings. The Morgan fingerprint density at radius 1 is 1.40 bits per heavy atom. The van der Waals surface area contributed by atoms with Crippen molar-refractivity contribution in [2.45, 2.75) is 43.9 Å². The van der Waals surface area contributed by atoms with Gasteiger partial charge in [0.1, 0.15) is 0 Å². The fraction of sp³-hybridized carbons (Fsp3) is 0.615. The highest BCUT2D eigenvalue weighted by Gasteiger charge is 2.43. The third-order valence-electron chi connectivity index (χ3n) is 4.19.